The first-order chi connectivity index (χ1) is 12.0. The van der Waals surface area contributed by atoms with E-state index in [1.807, 2.05) is 28.0 Å². The number of nitrogens with zero attached hydrogens (tertiary/aromatic N) is 2. The van der Waals surface area contributed by atoms with Crippen LogP contribution in [0.4, 0.5) is 5.69 Å². The molecule has 1 spiro atoms. The zero-order valence-electron chi connectivity index (χ0n) is 14.3. The summed E-state index contributed by atoms with van der Waals surface area (Å²) in [6.45, 7) is 3.79. The van der Waals surface area contributed by atoms with Gasteiger partial charge in [-0.3, -0.25) is 14.9 Å². The first-order valence-electron chi connectivity index (χ1n) is 8.68. The van der Waals surface area contributed by atoms with Crippen molar-refractivity contribution in [3.63, 3.8) is 0 Å². The summed E-state index contributed by atoms with van der Waals surface area (Å²) < 4.78 is 0. The number of carbonyl (C=O) groups excluding carboxylic acids is 2. The highest BCUT2D eigenvalue weighted by Gasteiger charge is 2.47. The summed E-state index contributed by atoms with van der Waals surface area (Å²) >= 11 is 8.04. The third kappa shape index (κ3) is 2.94. The van der Waals surface area contributed by atoms with Gasteiger partial charge in [0.2, 0.25) is 11.8 Å². The van der Waals surface area contributed by atoms with Gasteiger partial charge in [-0.15, -0.1) is 11.8 Å². The number of carbonyl (C=O) groups is 2. The van der Waals surface area contributed by atoms with E-state index < -0.39 is 0 Å². The van der Waals surface area contributed by atoms with Gasteiger partial charge in [-0.2, -0.15) is 0 Å². The number of fused-ring (bicyclic) bond motifs is 2. The minimum absolute atomic E-state index is 0.0897. The fourth-order valence-corrected chi connectivity index (χ4v) is 5.36. The quantitative estimate of drug-likeness (QED) is 0.813. The second-order valence-electron chi connectivity index (χ2n) is 7.14. The van der Waals surface area contributed by atoms with Crippen molar-refractivity contribution < 1.29 is 9.59 Å². The molecule has 1 aromatic carbocycles. The highest BCUT2D eigenvalue weighted by atomic mass is 35.5. The van der Waals surface area contributed by atoms with E-state index in [0.717, 1.165) is 43.2 Å². The predicted molar refractivity (Wildman–Crippen MR) is 101 cm³/mol. The summed E-state index contributed by atoms with van der Waals surface area (Å²) in [7, 11) is 0. The van der Waals surface area contributed by atoms with Gasteiger partial charge in [-0.1, -0.05) is 11.6 Å². The van der Waals surface area contributed by atoms with E-state index in [1.54, 1.807) is 18.7 Å². The maximum absolute atomic E-state index is 13.0. The SMILES string of the molecule is CC(=O)N1CCC2(CC1)CN(C(=O)[C@@H]1CSCN1)c1ccc(Cl)cc12. The highest BCUT2D eigenvalue weighted by Crippen LogP contribution is 2.48. The van der Waals surface area contributed by atoms with Crippen molar-refractivity contribution in [2.24, 2.45) is 0 Å². The molecule has 3 aliphatic rings. The first-order valence-corrected chi connectivity index (χ1v) is 10.2. The molecule has 1 atom stereocenters. The van der Waals surface area contributed by atoms with Crippen LogP contribution in [0.15, 0.2) is 18.2 Å². The van der Waals surface area contributed by atoms with E-state index >= 15 is 0 Å². The number of piperidine rings is 1. The Morgan fingerprint density at radius 3 is 2.72 bits per heavy atom. The Morgan fingerprint density at radius 1 is 1.32 bits per heavy atom. The summed E-state index contributed by atoms with van der Waals surface area (Å²) in [5.41, 5.74) is 2.07. The third-order valence-electron chi connectivity index (χ3n) is 5.73. The molecule has 2 saturated heterocycles. The Kier molecular flexibility index (Phi) is 4.46. The second kappa shape index (κ2) is 6.49. The number of halogens is 1. The molecule has 0 aromatic heterocycles. The van der Waals surface area contributed by atoms with Crippen molar-refractivity contribution >= 4 is 40.9 Å². The van der Waals surface area contributed by atoms with Crippen molar-refractivity contribution in [3.8, 4) is 0 Å². The molecule has 7 heteroatoms. The fourth-order valence-electron chi connectivity index (χ4n) is 4.26. The van der Waals surface area contributed by atoms with Crippen LogP contribution in [0.3, 0.4) is 0 Å². The van der Waals surface area contributed by atoms with Crippen molar-refractivity contribution in [3.05, 3.63) is 28.8 Å². The molecule has 4 rings (SSSR count). The monoisotopic (exact) mass is 379 g/mol. The Labute approximate surface area is 157 Å². The summed E-state index contributed by atoms with van der Waals surface area (Å²) in [6, 6.07) is 5.75. The van der Waals surface area contributed by atoms with E-state index in [-0.39, 0.29) is 23.3 Å². The second-order valence-corrected chi connectivity index (χ2v) is 8.61. The maximum Gasteiger partial charge on any atom is 0.245 e. The number of benzene rings is 1. The first kappa shape index (κ1) is 17.2. The normalized spacial score (nSPS) is 24.6. The van der Waals surface area contributed by atoms with Crippen LogP contribution in [0.2, 0.25) is 5.02 Å². The lowest BCUT2D eigenvalue weighted by Crippen LogP contribution is -2.50. The number of thioether (sulfide) groups is 1. The lowest BCUT2D eigenvalue weighted by atomic mass is 9.74. The fraction of sp³-hybridized carbons (Fsp3) is 0.556. The standard InChI is InChI=1S/C18H22ClN3O2S/c1-12(23)21-6-4-18(5-7-21)10-22(17(24)15-9-25-11-20-15)16-3-2-13(19)8-14(16)18/h2-3,8,15,20H,4-7,9-11H2,1H3/t15-/m0/s1. The van der Waals surface area contributed by atoms with Crippen LogP contribution in [0.1, 0.15) is 25.3 Å². The molecule has 0 aliphatic carbocycles. The minimum Gasteiger partial charge on any atom is -0.343 e. The van der Waals surface area contributed by atoms with Crippen molar-refractivity contribution in [2.75, 3.05) is 36.2 Å². The van der Waals surface area contributed by atoms with E-state index in [9.17, 15) is 9.59 Å². The summed E-state index contributed by atoms with van der Waals surface area (Å²) in [4.78, 5) is 28.6. The summed E-state index contributed by atoms with van der Waals surface area (Å²) in [5.74, 6) is 1.93. The van der Waals surface area contributed by atoms with Gasteiger partial charge < -0.3 is 9.80 Å². The highest BCUT2D eigenvalue weighted by molar-refractivity contribution is 7.99. The van der Waals surface area contributed by atoms with Crippen LogP contribution in [0.5, 0.6) is 0 Å². The number of nitrogens with one attached hydrogen (secondary N) is 1. The Hall–Kier alpha value is -1.24. The lowest BCUT2D eigenvalue weighted by molar-refractivity contribution is -0.130. The molecule has 5 nitrogen and oxygen atoms in total. The Morgan fingerprint density at radius 2 is 2.08 bits per heavy atom. The van der Waals surface area contributed by atoms with E-state index in [2.05, 4.69) is 5.32 Å². The van der Waals surface area contributed by atoms with E-state index in [1.165, 1.54) is 5.56 Å². The topological polar surface area (TPSA) is 52.7 Å². The predicted octanol–water partition coefficient (Wildman–Crippen LogP) is 2.23. The van der Waals surface area contributed by atoms with Gasteiger partial charge in [0.15, 0.2) is 0 Å². The van der Waals surface area contributed by atoms with Crippen LogP contribution in [-0.4, -0.2) is 54.0 Å². The van der Waals surface area contributed by atoms with Gasteiger partial charge in [0.1, 0.15) is 0 Å². The molecular formula is C18H22ClN3O2S. The number of amides is 2. The van der Waals surface area contributed by atoms with Gasteiger partial charge in [-0.25, -0.2) is 0 Å². The Bertz CT molecular complexity index is 712. The molecule has 1 aromatic rings. The Balaban J connectivity index is 1.65. The molecule has 0 bridgehead atoms. The molecule has 134 valence electrons. The van der Waals surface area contributed by atoms with Crippen molar-refractivity contribution in [1.82, 2.24) is 10.2 Å². The third-order valence-corrected chi connectivity index (χ3v) is 6.90. The van der Waals surface area contributed by atoms with Gasteiger partial charge in [0.25, 0.3) is 0 Å². The molecular weight excluding hydrogens is 358 g/mol. The molecule has 0 radical (unpaired) electrons. The van der Waals surface area contributed by atoms with Crippen LogP contribution in [0.25, 0.3) is 0 Å². The molecule has 2 fully saturated rings. The smallest absolute Gasteiger partial charge is 0.245 e. The maximum atomic E-state index is 13.0. The average molecular weight is 380 g/mol. The number of hydrogen-bond donors (Lipinski definition) is 1. The summed E-state index contributed by atoms with van der Waals surface area (Å²) in [6.07, 6.45) is 1.74. The van der Waals surface area contributed by atoms with Crippen LogP contribution in [-0.2, 0) is 15.0 Å². The largest absolute Gasteiger partial charge is 0.343 e. The van der Waals surface area contributed by atoms with Crippen LogP contribution >= 0.6 is 23.4 Å². The van der Waals surface area contributed by atoms with E-state index in [0.29, 0.717) is 11.6 Å². The zero-order chi connectivity index (χ0) is 17.6. The zero-order valence-corrected chi connectivity index (χ0v) is 15.8. The van der Waals surface area contributed by atoms with Gasteiger partial charge in [0.05, 0.1) is 6.04 Å². The molecule has 3 aliphatic heterocycles. The average Bonchev–Trinajstić information content (AvgIpc) is 3.23. The molecule has 25 heavy (non-hydrogen) atoms. The van der Waals surface area contributed by atoms with Crippen LogP contribution in [0, 0.1) is 0 Å². The molecule has 3 heterocycles. The van der Waals surface area contributed by atoms with Gasteiger partial charge >= 0.3 is 0 Å². The molecule has 1 N–H and O–H groups in total. The van der Waals surface area contributed by atoms with Crippen molar-refractivity contribution in [1.29, 1.82) is 0 Å². The van der Waals surface area contributed by atoms with Gasteiger partial charge in [0, 0.05) is 54.3 Å². The minimum atomic E-state index is -0.110. The number of likely N-dealkylation sites (tertiary alicyclic amines) is 1. The molecule has 0 saturated carbocycles. The number of anilines is 1. The summed E-state index contributed by atoms with van der Waals surface area (Å²) in [5, 5.41) is 3.99. The van der Waals surface area contributed by atoms with Crippen molar-refractivity contribution in [2.45, 2.75) is 31.2 Å². The number of hydrogen-bond acceptors (Lipinski definition) is 4. The lowest BCUT2D eigenvalue weighted by Gasteiger charge is -2.39. The number of rotatable bonds is 1. The van der Waals surface area contributed by atoms with E-state index in [4.69, 9.17) is 11.6 Å². The van der Waals surface area contributed by atoms with Crippen LogP contribution < -0.4 is 10.2 Å². The molecule has 0 unspecified atom stereocenters. The molecule has 2 amide bonds. The van der Waals surface area contributed by atoms with Gasteiger partial charge in [-0.05, 0) is 36.6 Å².